The van der Waals surface area contributed by atoms with Crippen LogP contribution in [0.3, 0.4) is 0 Å². The molecule has 1 aromatic carbocycles. The van der Waals surface area contributed by atoms with E-state index in [-0.39, 0.29) is 0 Å². The molecular weight excluding hydrogens is 184 g/mol. The number of halogens is 1. The first-order valence-corrected chi connectivity index (χ1v) is 4.57. The van der Waals surface area contributed by atoms with Gasteiger partial charge in [-0.1, -0.05) is 11.6 Å². The van der Waals surface area contributed by atoms with Crippen molar-refractivity contribution in [1.82, 2.24) is 4.98 Å². The first kappa shape index (κ1) is 8.60. The summed E-state index contributed by atoms with van der Waals surface area (Å²) in [7, 11) is 0. The number of nitrogens with two attached hydrogens (primary N) is 1. The molecule has 0 spiro atoms. The molecule has 68 valence electrons. The molecule has 3 heteroatoms. The van der Waals surface area contributed by atoms with Crippen molar-refractivity contribution in [3.05, 3.63) is 34.5 Å². The van der Waals surface area contributed by atoms with Crippen LogP contribution in [0.5, 0.6) is 0 Å². The van der Waals surface area contributed by atoms with Crippen molar-refractivity contribution in [3.8, 4) is 0 Å². The maximum atomic E-state index is 5.90. The molecule has 0 fully saturated rings. The summed E-state index contributed by atoms with van der Waals surface area (Å²) in [5, 5.41) is 1.88. The molecule has 13 heavy (non-hydrogen) atoms. The van der Waals surface area contributed by atoms with Gasteiger partial charge in [-0.15, -0.1) is 0 Å². The molecule has 0 atom stereocenters. The van der Waals surface area contributed by atoms with Crippen LogP contribution in [0.25, 0.3) is 10.9 Å². The lowest BCUT2D eigenvalue weighted by molar-refractivity contribution is 1.05. The zero-order valence-electron chi connectivity index (χ0n) is 7.39. The van der Waals surface area contributed by atoms with Gasteiger partial charge < -0.3 is 10.7 Å². The molecule has 0 aliphatic carbocycles. The first-order chi connectivity index (χ1) is 6.22. The van der Waals surface area contributed by atoms with Gasteiger partial charge in [0.2, 0.25) is 0 Å². The molecule has 0 saturated carbocycles. The van der Waals surface area contributed by atoms with Crippen LogP contribution in [-0.4, -0.2) is 4.98 Å². The number of benzene rings is 1. The van der Waals surface area contributed by atoms with Crippen LogP contribution in [-0.2, 0) is 6.54 Å². The minimum Gasteiger partial charge on any atom is -0.358 e. The third kappa shape index (κ3) is 1.32. The number of hydrogen-bond donors (Lipinski definition) is 2. The third-order valence-electron chi connectivity index (χ3n) is 2.29. The zero-order valence-corrected chi connectivity index (χ0v) is 8.15. The Hall–Kier alpha value is -0.990. The van der Waals surface area contributed by atoms with Crippen molar-refractivity contribution in [2.75, 3.05) is 0 Å². The van der Waals surface area contributed by atoms with Crippen molar-refractivity contribution in [2.24, 2.45) is 5.73 Å². The van der Waals surface area contributed by atoms with E-state index in [9.17, 15) is 0 Å². The number of nitrogens with one attached hydrogen (secondary N) is 1. The van der Waals surface area contributed by atoms with Crippen LogP contribution in [0.2, 0.25) is 5.02 Å². The number of rotatable bonds is 1. The zero-order chi connectivity index (χ0) is 9.42. The largest absolute Gasteiger partial charge is 0.358 e. The fourth-order valence-electron chi connectivity index (χ4n) is 1.62. The summed E-state index contributed by atoms with van der Waals surface area (Å²) in [5.41, 5.74) is 9.02. The highest BCUT2D eigenvalue weighted by Gasteiger charge is 2.06. The maximum Gasteiger partial charge on any atom is 0.0460 e. The summed E-state index contributed by atoms with van der Waals surface area (Å²) in [5.74, 6) is 0. The molecule has 0 unspecified atom stereocenters. The predicted octanol–water partition coefficient (Wildman–Crippen LogP) is 2.59. The molecule has 1 heterocycles. The van der Waals surface area contributed by atoms with Gasteiger partial charge in [0.1, 0.15) is 0 Å². The van der Waals surface area contributed by atoms with E-state index in [1.54, 1.807) is 0 Å². The van der Waals surface area contributed by atoms with Gasteiger partial charge in [0, 0.05) is 28.2 Å². The van der Waals surface area contributed by atoms with E-state index in [4.69, 9.17) is 17.3 Å². The lowest BCUT2D eigenvalue weighted by atomic mass is 10.1. The van der Waals surface area contributed by atoms with Crippen LogP contribution in [0, 0.1) is 6.92 Å². The fourth-order valence-corrected chi connectivity index (χ4v) is 1.79. The smallest absolute Gasteiger partial charge is 0.0460 e. The average Bonchev–Trinajstić information content (AvgIpc) is 2.40. The Kier molecular flexibility index (Phi) is 2.02. The molecule has 2 nitrogen and oxygen atoms in total. The van der Waals surface area contributed by atoms with Crippen molar-refractivity contribution in [3.63, 3.8) is 0 Å². The number of aryl methyl sites for hydroxylation is 1. The van der Waals surface area contributed by atoms with Crippen LogP contribution in [0.15, 0.2) is 18.2 Å². The van der Waals surface area contributed by atoms with E-state index in [2.05, 4.69) is 4.98 Å². The van der Waals surface area contributed by atoms with Gasteiger partial charge in [-0.25, -0.2) is 0 Å². The fraction of sp³-hybridized carbons (Fsp3) is 0.200. The summed E-state index contributed by atoms with van der Waals surface area (Å²) in [6.45, 7) is 2.57. The highest BCUT2D eigenvalue weighted by molar-refractivity contribution is 6.31. The van der Waals surface area contributed by atoms with E-state index >= 15 is 0 Å². The Morgan fingerprint density at radius 3 is 2.92 bits per heavy atom. The molecule has 2 rings (SSSR count). The van der Waals surface area contributed by atoms with Crippen molar-refractivity contribution in [1.29, 1.82) is 0 Å². The Morgan fingerprint density at radius 2 is 2.23 bits per heavy atom. The summed E-state index contributed by atoms with van der Waals surface area (Å²) in [6.07, 6.45) is 0. The number of aromatic amines is 1. The Morgan fingerprint density at radius 1 is 1.46 bits per heavy atom. The van der Waals surface area contributed by atoms with E-state index in [0.717, 1.165) is 27.2 Å². The summed E-state index contributed by atoms with van der Waals surface area (Å²) in [6, 6.07) is 5.80. The quantitative estimate of drug-likeness (QED) is 0.720. The Balaban J connectivity index is 2.80. The highest BCUT2D eigenvalue weighted by atomic mass is 35.5. The second-order valence-electron chi connectivity index (χ2n) is 3.12. The van der Waals surface area contributed by atoms with Gasteiger partial charge in [-0.3, -0.25) is 0 Å². The number of aromatic nitrogens is 1. The molecule has 1 aromatic heterocycles. The Labute approximate surface area is 81.7 Å². The number of fused-ring (bicyclic) bond motifs is 1. The number of H-pyrrole nitrogens is 1. The molecule has 0 saturated heterocycles. The van der Waals surface area contributed by atoms with Crippen molar-refractivity contribution >= 4 is 22.5 Å². The van der Waals surface area contributed by atoms with Crippen LogP contribution < -0.4 is 5.73 Å². The second kappa shape index (κ2) is 3.05. The van der Waals surface area contributed by atoms with E-state index in [0.29, 0.717) is 6.54 Å². The van der Waals surface area contributed by atoms with Gasteiger partial charge >= 0.3 is 0 Å². The van der Waals surface area contributed by atoms with Gasteiger partial charge in [0.15, 0.2) is 0 Å². The topological polar surface area (TPSA) is 41.8 Å². The van der Waals surface area contributed by atoms with Gasteiger partial charge in [-0.05, 0) is 30.7 Å². The van der Waals surface area contributed by atoms with Crippen molar-refractivity contribution < 1.29 is 0 Å². The second-order valence-corrected chi connectivity index (χ2v) is 3.56. The van der Waals surface area contributed by atoms with E-state index in [1.165, 1.54) is 0 Å². The predicted molar refractivity (Wildman–Crippen MR) is 55.9 cm³/mol. The van der Waals surface area contributed by atoms with Gasteiger partial charge in [0.25, 0.3) is 0 Å². The molecular formula is C10H11ClN2. The lowest BCUT2D eigenvalue weighted by Gasteiger charge is -1.95. The summed E-state index contributed by atoms with van der Waals surface area (Å²) >= 11 is 5.90. The molecule has 0 radical (unpaired) electrons. The van der Waals surface area contributed by atoms with Crippen molar-refractivity contribution in [2.45, 2.75) is 13.5 Å². The third-order valence-corrected chi connectivity index (χ3v) is 2.52. The SMILES string of the molecule is Cc1[nH]c2ccc(Cl)cc2c1CN. The molecule has 0 bridgehead atoms. The normalized spacial score (nSPS) is 11.0. The minimum atomic E-state index is 0.548. The molecule has 0 aliphatic rings. The molecule has 0 amide bonds. The Bertz CT molecular complexity index is 445. The molecule has 3 N–H and O–H groups in total. The summed E-state index contributed by atoms with van der Waals surface area (Å²) in [4.78, 5) is 3.27. The standard InChI is InChI=1S/C10H11ClN2/c1-6-9(5-12)8-4-7(11)2-3-10(8)13-6/h2-4,13H,5,12H2,1H3. The first-order valence-electron chi connectivity index (χ1n) is 4.19. The maximum absolute atomic E-state index is 5.90. The van der Waals surface area contributed by atoms with E-state index in [1.807, 2.05) is 25.1 Å². The minimum absolute atomic E-state index is 0.548. The average molecular weight is 195 g/mol. The monoisotopic (exact) mass is 194 g/mol. The molecule has 2 aromatic rings. The van der Waals surface area contributed by atoms with Crippen LogP contribution in [0.4, 0.5) is 0 Å². The van der Waals surface area contributed by atoms with E-state index < -0.39 is 0 Å². The van der Waals surface area contributed by atoms with Crippen LogP contribution in [0.1, 0.15) is 11.3 Å². The highest BCUT2D eigenvalue weighted by Crippen LogP contribution is 2.24. The number of hydrogen-bond acceptors (Lipinski definition) is 1. The van der Waals surface area contributed by atoms with Gasteiger partial charge in [0.05, 0.1) is 0 Å². The molecule has 0 aliphatic heterocycles. The lowest BCUT2D eigenvalue weighted by Crippen LogP contribution is -1.96. The van der Waals surface area contributed by atoms with Crippen LogP contribution >= 0.6 is 11.6 Å². The van der Waals surface area contributed by atoms with Gasteiger partial charge in [-0.2, -0.15) is 0 Å². The summed E-state index contributed by atoms with van der Waals surface area (Å²) < 4.78 is 0.